The van der Waals surface area contributed by atoms with Gasteiger partial charge in [0.15, 0.2) is 5.96 Å². The van der Waals surface area contributed by atoms with Gasteiger partial charge in [0.05, 0.1) is 12.1 Å². The van der Waals surface area contributed by atoms with Crippen LogP contribution in [0.2, 0.25) is 0 Å². The Hall–Kier alpha value is -2.96. The number of hydrogen-bond acceptors (Lipinski definition) is 4. The van der Waals surface area contributed by atoms with Crippen molar-refractivity contribution in [1.29, 1.82) is 0 Å². The van der Waals surface area contributed by atoms with Gasteiger partial charge in [-0.1, -0.05) is 24.3 Å². The van der Waals surface area contributed by atoms with Gasteiger partial charge in [0.1, 0.15) is 12.2 Å². The molecule has 0 saturated heterocycles. The van der Waals surface area contributed by atoms with E-state index in [0.29, 0.717) is 19.0 Å². The zero-order valence-electron chi connectivity index (χ0n) is 13.2. The number of para-hydroxylation sites is 1. The fourth-order valence-electron chi connectivity index (χ4n) is 2.35. The Labute approximate surface area is 134 Å². The van der Waals surface area contributed by atoms with E-state index in [1.807, 2.05) is 25.4 Å². The highest BCUT2D eigenvalue weighted by Crippen LogP contribution is 2.15. The van der Waals surface area contributed by atoms with Crippen LogP contribution in [0.4, 0.5) is 0 Å². The number of benzene rings is 1. The Morgan fingerprint density at radius 3 is 2.74 bits per heavy atom. The van der Waals surface area contributed by atoms with Crippen molar-refractivity contribution in [2.45, 2.75) is 13.1 Å². The van der Waals surface area contributed by atoms with Gasteiger partial charge in [0.25, 0.3) is 0 Å². The van der Waals surface area contributed by atoms with Crippen molar-refractivity contribution >= 4 is 16.9 Å². The smallest absolute Gasteiger partial charge is 0.191 e. The first-order chi connectivity index (χ1) is 11.3. The molecule has 0 bridgehead atoms. The van der Waals surface area contributed by atoms with Crippen LogP contribution in [0.5, 0.6) is 0 Å². The van der Waals surface area contributed by atoms with Crippen LogP contribution in [0.3, 0.4) is 0 Å². The highest BCUT2D eigenvalue weighted by molar-refractivity contribution is 5.83. The van der Waals surface area contributed by atoms with Crippen LogP contribution >= 0.6 is 0 Å². The van der Waals surface area contributed by atoms with E-state index in [4.69, 9.17) is 0 Å². The molecule has 23 heavy (non-hydrogen) atoms. The number of nitrogens with zero attached hydrogens (tertiary/aromatic N) is 5. The number of rotatable bonds is 4. The van der Waals surface area contributed by atoms with Crippen molar-refractivity contribution in [3.63, 3.8) is 0 Å². The first-order valence-electron chi connectivity index (χ1n) is 7.38. The van der Waals surface area contributed by atoms with E-state index in [1.165, 1.54) is 6.33 Å². The zero-order valence-corrected chi connectivity index (χ0v) is 13.2. The maximum atomic E-state index is 4.46. The van der Waals surface area contributed by atoms with E-state index in [-0.39, 0.29) is 0 Å². The number of nitrogens with one attached hydrogen (secondary N) is 2. The zero-order chi connectivity index (χ0) is 16.1. The van der Waals surface area contributed by atoms with Crippen molar-refractivity contribution in [2.24, 2.45) is 12.0 Å². The molecule has 3 aromatic rings. The van der Waals surface area contributed by atoms with E-state index in [2.05, 4.69) is 48.9 Å². The Morgan fingerprint density at radius 1 is 1.13 bits per heavy atom. The van der Waals surface area contributed by atoms with Crippen LogP contribution < -0.4 is 10.6 Å². The van der Waals surface area contributed by atoms with Crippen molar-refractivity contribution in [3.05, 3.63) is 54.2 Å². The first-order valence-corrected chi connectivity index (χ1v) is 7.38. The summed E-state index contributed by atoms with van der Waals surface area (Å²) in [5, 5.41) is 11.7. The standard InChI is InChI=1S/C16H19N7/c1-17-16(20-10-14-21-11-22-23(14)2)19-9-13-6-3-5-12-7-4-8-18-15(12)13/h3-8,11H,9-10H2,1-2H3,(H2,17,19,20). The largest absolute Gasteiger partial charge is 0.352 e. The lowest BCUT2D eigenvalue weighted by molar-refractivity contribution is 0.673. The lowest BCUT2D eigenvalue weighted by Crippen LogP contribution is -2.37. The molecule has 3 rings (SSSR count). The molecular formula is C16H19N7. The minimum atomic E-state index is 0.559. The summed E-state index contributed by atoms with van der Waals surface area (Å²) < 4.78 is 1.73. The first kappa shape index (κ1) is 15.0. The summed E-state index contributed by atoms with van der Waals surface area (Å²) in [5.41, 5.74) is 2.14. The molecule has 1 aromatic carbocycles. The topological polar surface area (TPSA) is 80.0 Å². The van der Waals surface area contributed by atoms with Crippen LogP contribution in [0.15, 0.2) is 47.8 Å². The molecule has 118 valence electrons. The molecule has 0 radical (unpaired) electrons. The van der Waals surface area contributed by atoms with Crippen LogP contribution in [-0.2, 0) is 20.1 Å². The number of aliphatic imine (C=N–C) groups is 1. The number of hydrogen-bond donors (Lipinski definition) is 2. The van der Waals surface area contributed by atoms with E-state index >= 15 is 0 Å². The van der Waals surface area contributed by atoms with E-state index in [0.717, 1.165) is 22.3 Å². The minimum absolute atomic E-state index is 0.559. The van der Waals surface area contributed by atoms with Crippen LogP contribution in [0.25, 0.3) is 10.9 Å². The number of aryl methyl sites for hydroxylation is 1. The molecule has 2 heterocycles. The molecule has 2 N–H and O–H groups in total. The quantitative estimate of drug-likeness (QED) is 0.560. The fraction of sp³-hybridized carbons (Fsp3) is 0.250. The Kier molecular flexibility index (Phi) is 4.46. The van der Waals surface area contributed by atoms with Gasteiger partial charge in [-0.25, -0.2) is 4.98 Å². The predicted octanol–water partition coefficient (Wildman–Crippen LogP) is 1.23. The van der Waals surface area contributed by atoms with Gasteiger partial charge in [-0.05, 0) is 11.6 Å². The summed E-state index contributed by atoms with van der Waals surface area (Å²) in [6.45, 7) is 1.21. The number of guanidine groups is 1. The van der Waals surface area contributed by atoms with Crippen molar-refractivity contribution in [1.82, 2.24) is 30.4 Å². The van der Waals surface area contributed by atoms with E-state index < -0.39 is 0 Å². The van der Waals surface area contributed by atoms with Crippen LogP contribution in [0.1, 0.15) is 11.4 Å². The molecule has 0 aliphatic carbocycles. The Bertz CT molecular complexity index is 817. The molecule has 0 amide bonds. The van der Waals surface area contributed by atoms with E-state index in [9.17, 15) is 0 Å². The maximum absolute atomic E-state index is 4.46. The van der Waals surface area contributed by atoms with Crippen LogP contribution in [0, 0.1) is 0 Å². The molecule has 7 nitrogen and oxygen atoms in total. The second kappa shape index (κ2) is 6.87. The molecule has 7 heteroatoms. The Morgan fingerprint density at radius 2 is 1.96 bits per heavy atom. The lowest BCUT2D eigenvalue weighted by atomic mass is 10.1. The number of pyridine rings is 1. The van der Waals surface area contributed by atoms with Crippen LogP contribution in [-0.4, -0.2) is 32.8 Å². The molecular weight excluding hydrogens is 290 g/mol. The van der Waals surface area contributed by atoms with Gasteiger partial charge >= 0.3 is 0 Å². The van der Waals surface area contributed by atoms with Gasteiger partial charge in [-0.2, -0.15) is 5.10 Å². The number of fused-ring (bicyclic) bond motifs is 1. The monoisotopic (exact) mass is 309 g/mol. The molecule has 0 fully saturated rings. The van der Waals surface area contributed by atoms with Gasteiger partial charge < -0.3 is 10.6 Å². The van der Waals surface area contributed by atoms with Crippen molar-refractivity contribution in [2.75, 3.05) is 7.05 Å². The number of aromatic nitrogens is 4. The second-order valence-electron chi connectivity index (χ2n) is 5.07. The normalized spacial score (nSPS) is 11.7. The third kappa shape index (κ3) is 3.45. The summed E-state index contributed by atoms with van der Waals surface area (Å²) in [6, 6.07) is 10.2. The molecule has 0 aliphatic rings. The van der Waals surface area contributed by atoms with E-state index in [1.54, 1.807) is 11.7 Å². The molecule has 0 spiro atoms. The van der Waals surface area contributed by atoms with Gasteiger partial charge in [-0.3, -0.25) is 14.7 Å². The molecule has 0 unspecified atom stereocenters. The molecule has 2 aromatic heterocycles. The van der Waals surface area contributed by atoms with Gasteiger partial charge in [-0.15, -0.1) is 0 Å². The molecule has 0 saturated carbocycles. The Balaban J connectivity index is 1.65. The fourth-order valence-corrected chi connectivity index (χ4v) is 2.35. The summed E-state index contributed by atoms with van der Waals surface area (Å²) in [6.07, 6.45) is 3.35. The highest BCUT2D eigenvalue weighted by atomic mass is 15.3. The third-order valence-corrected chi connectivity index (χ3v) is 3.61. The second-order valence-corrected chi connectivity index (χ2v) is 5.07. The maximum Gasteiger partial charge on any atom is 0.191 e. The van der Waals surface area contributed by atoms with Gasteiger partial charge in [0.2, 0.25) is 0 Å². The average Bonchev–Trinajstić information content (AvgIpc) is 3.00. The summed E-state index contributed by atoms with van der Waals surface area (Å²) >= 11 is 0. The predicted molar refractivity (Wildman–Crippen MR) is 89.8 cm³/mol. The summed E-state index contributed by atoms with van der Waals surface area (Å²) in [7, 11) is 3.61. The average molecular weight is 309 g/mol. The van der Waals surface area contributed by atoms with Gasteiger partial charge in [0, 0.05) is 32.2 Å². The highest BCUT2D eigenvalue weighted by Gasteiger charge is 2.05. The van der Waals surface area contributed by atoms with Crippen molar-refractivity contribution < 1.29 is 0 Å². The molecule has 0 atom stereocenters. The minimum Gasteiger partial charge on any atom is -0.352 e. The SMILES string of the molecule is CN=C(NCc1cccc2cccnc12)NCc1ncnn1C. The summed E-state index contributed by atoms with van der Waals surface area (Å²) in [4.78, 5) is 12.9. The summed E-state index contributed by atoms with van der Waals surface area (Å²) in [5.74, 6) is 1.56. The molecule has 0 aliphatic heterocycles. The third-order valence-electron chi connectivity index (χ3n) is 3.61. The lowest BCUT2D eigenvalue weighted by Gasteiger charge is -2.12. The van der Waals surface area contributed by atoms with Crippen molar-refractivity contribution in [3.8, 4) is 0 Å².